The maximum absolute atomic E-state index is 6.02. The molecule has 0 aliphatic heterocycles. The number of halogens is 1. The van der Waals surface area contributed by atoms with Crippen molar-refractivity contribution in [3.63, 3.8) is 0 Å². The minimum Gasteiger partial charge on any atom is -0.473 e. The number of nitrogens with zero attached hydrogens (tertiary/aromatic N) is 1. The van der Waals surface area contributed by atoms with Gasteiger partial charge < -0.3 is 10.5 Å². The van der Waals surface area contributed by atoms with Gasteiger partial charge in [-0.15, -0.1) is 0 Å². The van der Waals surface area contributed by atoms with Crippen LogP contribution in [0.15, 0.2) is 12.3 Å². The second-order valence-corrected chi connectivity index (χ2v) is 4.69. The molecule has 88 valence electrons. The van der Waals surface area contributed by atoms with Gasteiger partial charge in [0.25, 0.3) is 0 Å². The van der Waals surface area contributed by atoms with Gasteiger partial charge in [-0.25, -0.2) is 4.98 Å². The molecule has 0 saturated heterocycles. The molecule has 0 aromatic carbocycles. The molecule has 1 aliphatic carbocycles. The van der Waals surface area contributed by atoms with Crippen LogP contribution < -0.4 is 10.5 Å². The molecule has 1 aliphatic rings. The summed E-state index contributed by atoms with van der Waals surface area (Å²) in [5, 5.41) is 0.504. The fourth-order valence-corrected chi connectivity index (χ4v) is 2.26. The predicted molar refractivity (Wildman–Crippen MR) is 65.8 cm³/mol. The van der Waals surface area contributed by atoms with Gasteiger partial charge in [0.05, 0.1) is 11.9 Å². The molecule has 0 bridgehead atoms. The van der Waals surface area contributed by atoms with E-state index in [1.807, 2.05) is 0 Å². The van der Waals surface area contributed by atoms with Crippen molar-refractivity contribution >= 4 is 17.3 Å². The van der Waals surface area contributed by atoms with E-state index in [2.05, 4.69) is 4.98 Å². The molecule has 1 aromatic rings. The Morgan fingerprint density at radius 3 is 2.56 bits per heavy atom. The van der Waals surface area contributed by atoms with Gasteiger partial charge in [0.15, 0.2) is 0 Å². The van der Waals surface area contributed by atoms with Crippen LogP contribution in [0.3, 0.4) is 0 Å². The molecule has 1 fully saturated rings. The zero-order valence-corrected chi connectivity index (χ0v) is 10.0. The van der Waals surface area contributed by atoms with E-state index >= 15 is 0 Å². The number of anilines is 1. The van der Waals surface area contributed by atoms with Crippen molar-refractivity contribution in [3.8, 4) is 5.88 Å². The van der Waals surface area contributed by atoms with Gasteiger partial charge in [0.1, 0.15) is 11.1 Å². The third-order valence-corrected chi connectivity index (χ3v) is 3.18. The molecule has 0 radical (unpaired) electrons. The number of ether oxygens (including phenoxy) is 1. The van der Waals surface area contributed by atoms with Gasteiger partial charge in [-0.05, 0) is 31.7 Å². The number of nitrogen functional groups attached to an aromatic ring is 1. The number of aromatic nitrogens is 1. The molecular weight excluding hydrogens is 224 g/mol. The highest BCUT2D eigenvalue weighted by Gasteiger charge is 2.15. The third-order valence-electron chi connectivity index (χ3n) is 2.91. The zero-order chi connectivity index (χ0) is 11.4. The van der Waals surface area contributed by atoms with E-state index in [0.717, 1.165) is 12.8 Å². The number of rotatable bonds is 2. The summed E-state index contributed by atoms with van der Waals surface area (Å²) < 4.78 is 5.82. The second kappa shape index (κ2) is 5.39. The van der Waals surface area contributed by atoms with Gasteiger partial charge in [-0.1, -0.05) is 24.4 Å². The van der Waals surface area contributed by atoms with E-state index < -0.39 is 0 Å². The highest BCUT2D eigenvalue weighted by molar-refractivity contribution is 6.32. The van der Waals surface area contributed by atoms with Crippen LogP contribution in [0.4, 0.5) is 5.69 Å². The molecule has 2 N–H and O–H groups in total. The van der Waals surface area contributed by atoms with Crippen molar-refractivity contribution in [2.75, 3.05) is 5.73 Å². The van der Waals surface area contributed by atoms with Crippen LogP contribution >= 0.6 is 11.6 Å². The zero-order valence-electron chi connectivity index (χ0n) is 9.29. The second-order valence-electron chi connectivity index (χ2n) is 4.29. The van der Waals surface area contributed by atoms with Crippen LogP contribution in [0.25, 0.3) is 0 Å². The molecule has 0 spiro atoms. The Kier molecular flexibility index (Phi) is 3.88. The Balaban J connectivity index is 2.01. The fourth-order valence-electron chi connectivity index (χ4n) is 2.04. The van der Waals surface area contributed by atoms with E-state index in [-0.39, 0.29) is 6.10 Å². The first-order valence-corrected chi connectivity index (χ1v) is 6.21. The van der Waals surface area contributed by atoms with Gasteiger partial charge >= 0.3 is 0 Å². The molecule has 1 saturated carbocycles. The monoisotopic (exact) mass is 240 g/mol. The lowest BCUT2D eigenvalue weighted by molar-refractivity contribution is 0.176. The van der Waals surface area contributed by atoms with Crippen LogP contribution in [0.1, 0.15) is 38.5 Å². The summed E-state index contributed by atoms with van der Waals surface area (Å²) in [4.78, 5) is 4.12. The predicted octanol–water partition coefficient (Wildman–Crippen LogP) is 3.42. The quantitative estimate of drug-likeness (QED) is 0.806. The maximum atomic E-state index is 6.02. The summed E-state index contributed by atoms with van der Waals surface area (Å²) in [5.41, 5.74) is 6.15. The smallest absolute Gasteiger partial charge is 0.232 e. The van der Waals surface area contributed by atoms with Crippen LogP contribution in [-0.2, 0) is 0 Å². The van der Waals surface area contributed by atoms with E-state index in [4.69, 9.17) is 22.1 Å². The van der Waals surface area contributed by atoms with E-state index in [1.165, 1.54) is 25.7 Å². The lowest BCUT2D eigenvalue weighted by atomic mass is 10.1. The molecule has 0 unspecified atom stereocenters. The Bertz CT molecular complexity index is 349. The van der Waals surface area contributed by atoms with Crippen molar-refractivity contribution in [1.82, 2.24) is 4.98 Å². The summed E-state index contributed by atoms with van der Waals surface area (Å²) in [5.74, 6) is 0.516. The first kappa shape index (κ1) is 11.5. The van der Waals surface area contributed by atoms with Crippen LogP contribution in [-0.4, -0.2) is 11.1 Å². The highest BCUT2D eigenvalue weighted by Crippen LogP contribution is 2.27. The number of hydrogen-bond acceptors (Lipinski definition) is 3. The van der Waals surface area contributed by atoms with Crippen LogP contribution in [0.5, 0.6) is 5.88 Å². The van der Waals surface area contributed by atoms with Crippen molar-refractivity contribution in [1.29, 1.82) is 0 Å². The number of pyridine rings is 1. The molecule has 2 rings (SSSR count). The normalized spacial score (nSPS) is 18.1. The Labute approximate surface area is 101 Å². The third kappa shape index (κ3) is 3.01. The lowest BCUT2D eigenvalue weighted by Crippen LogP contribution is -2.16. The Morgan fingerprint density at radius 2 is 1.94 bits per heavy atom. The van der Waals surface area contributed by atoms with E-state index in [0.29, 0.717) is 16.6 Å². The minimum atomic E-state index is 0.260. The molecule has 0 atom stereocenters. The summed E-state index contributed by atoms with van der Waals surface area (Å²) in [6, 6.07) is 1.68. The summed E-state index contributed by atoms with van der Waals surface area (Å²) in [7, 11) is 0. The highest BCUT2D eigenvalue weighted by atomic mass is 35.5. The van der Waals surface area contributed by atoms with Crippen LogP contribution in [0.2, 0.25) is 5.02 Å². The van der Waals surface area contributed by atoms with Crippen LogP contribution in [0, 0.1) is 0 Å². The number of nitrogens with two attached hydrogens (primary N) is 1. The molecule has 0 amide bonds. The molecule has 1 aromatic heterocycles. The maximum Gasteiger partial charge on any atom is 0.232 e. The number of hydrogen-bond donors (Lipinski definition) is 1. The van der Waals surface area contributed by atoms with Crippen molar-refractivity contribution in [2.45, 2.75) is 44.6 Å². The summed E-state index contributed by atoms with van der Waals surface area (Å²) in [6.45, 7) is 0. The standard InChI is InChI=1S/C12H17ClN2O/c13-11-7-9(14)8-15-12(11)16-10-5-3-1-2-4-6-10/h7-8,10H,1-6,14H2. The molecule has 3 nitrogen and oxygen atoms in total. The lowest BCUT2D eigenvalue weighted by Gasteiger charge is -2.16. The molecule has 1 heterocycles. The van der Waals surface area contributed by atoms with Gasteiger partial charge in [-0.3, -0.25) is 0 Å². The fraction of sp³-hybridized carbons (Fsp3) is 0.583. The average molecular weight is 241 g/mol. The Morgan fingerprint density at radius 1 is 1.25 bits per heavy atom. The topological polar surface area (TPSA) is 48.1 Å². The first-order chi connectivity index (χ1) is 7.75. The minimum absolute atomic E-state index is 0.260. The Hall–Kier alpha value is -0.960. The summed E-state index contributed by atoms with van der Waals surface area (Å²) >= 11 is 6.02. The van der Waals surface area contributed by atoms with Gasteiger partial charge in [-0.2, -0.15) is 0 Å². The first-order valence-electron chi connectivity index (χ1n) is 5.83. The van der Waals surface area contributed by atoms with Gasteiger partial charge in [0.2, 0.25) is 5.88 Å². The molecule has 4 heteroatoms. The van der Waals surface area contributed by atoms with Crippen molar-refractivity contribution in [3.05, 3.63) is 17.3 Å². The van der Waals surface area contributed by atoms with Crippen molar-refractivity contribution < 1.29 is 4.74 Å². The molecule has 16 heavy (non-hydrogen) atoms. The van der Waals surface area contributed by atoms with E-state index in [9.17, 15) is 0 Å². The molecular formula is C12H17ClN2O. The van der Waals surface area contributed by atoms with Gasteiger partial charge in [0, 0.05) is 0 Å². The largest absolute Gasteiger partial charge is 0.473 e. The van der Waals surface area contributed by atoms with Crippen molar-refractivity contribution in [2.24, 2.45) is 0 Å². The van der Waals surface area contributed by atoms with E-state index in [1.54, 1.807) is 12.3 Å². The average Bonchev–Trinajstić information content (AvgIpc) is 2.51. The summed E-state index contributed by atoms with van der Waals surface area (Å²) in [6.07, 6.45) is 9.12. The SMILES string of the molecule is Nc1cnc(OC2CCCCCC2)c(Cl)c1.